The summed E-state index contributed by atoms with van der Waals surface area (Å²) in [5.41, 5.74) is 3.52. The van der Waals surface area contributed by atoms with E-state index in [0.717, 1.165) is 67.6 Å². The van der Waals surface area contributed by atoms with Crippen molar-refractivity contribution in [3.8, 4) is 17.2 Å². The molecule has 1 fully saturated rings. The van der Waals surface area contributed by atoms with E-state index in [1.807, 2.05) is 38.1 Å². The van der Waals surface area contributed by atoms with Crippen molar-refractivity contribution in [3.05, 3.63) is 53.1 Å². The lowest BCUT2D eigenvalue weighted by Crippen LogP contribution is -3.28. The van der Waals surface area contributed by atoms with Crippen molar-refractivity contribution < 1.29 is 29.1 Å². The molecule has 156 valence electrons. The van der Waals surface area contributed by atoms with Crippen LogP contribution in [-0.4, -0.2) is 57.3 Å². The minimum absolute atomic E-state index is 0.323. The zero-order chi connectivity index (χ0) is 20.2. The molecule has 2 aliphatic rings. The summed E-state index contributed by atoms with van der Waals surface area (Å²) in [7, 11) is 0. The van der Waals surface area contributed by atoms with E-state index < -0.39 is 6.10 Å². The van der Waals surface area contributed by atoms with E-state index in [1.54, 1.807) is 4.90 Å². The predicted octanol–water partition coefficient (Wildman–Crippen LogP) is -0.245. The lowest BCUT2D eigenvalue weighted by molar-refractivity contribution is -1.02. The van der Waals surface area contributed by atoms with Crippen LogP contribution < -0.4 is 24.0 Å². The molecule has 0 bridgehead atoms. The van der Waals surface area contributed by atoms with E-state index in [1.165, 1.54) is 10.5 Å². The van der Waals surface area contributed by atoms with Crippen LogP contribution in [0.3, 0.4) is 0 Å². The van der Waals surface area contributed by atoms with Gasteiger partial charge in [0.15, 0.2) is 11.5 Å². The second-order valence-corrected chi connectivity index (χ2v) is 8.25. The maximum absolute atomic E-state index is 10.5. The highest BCUT2D eigenvalue weighted by molar-refractivity contribution is 5.44. The summed E-state index contributed by atoms with van der Waals surface area (Å²) in [6.45, 7) is 10.9. The molecule has 1 saturated heterocycles. The van der Waals surface area contributed by atoms with Gasteiger partial charge < -0.3 is 29.1 Å². The molecule has 2 aliphatic heterocycles. The number of ether oxygens (including phenoxy) is 3. The quantitative estimate of drug-likeness (QED) is 0.600. The highest BCUT2D eigenvalue weighted by Crippen LogP contribution is 2.32. The van der Waals surface area contributed by atoms with Crippen LogP contribution in [0.1, 0.15) is 16.7 Å². The first kappa shape index (κ1) is 20.0. The van der Waals surface area contributed by atoms with Gasteiger partial charge in [-0.05, 0) is 43.2 Å². The van der Waals surface area contributed by atoms with Crippen LogP contribution in [-0.2, 0) is 6.54 Å². The minimum atomic E-state index is -0.445. The summed E-state index contributed by atoms with van der Waals surface area (Å²) < 4.78 is 16.8. The number of aliphatic hydroxyl groups is 1. The second kappa shape index (κ2) is 9.03. The van der Waals surface area contributed by atoms with Gasteiger partial charge in [-0.15, -0.1) is 0 Å². The lowest BCUT2D eigenvalue weighted by atomic mass is 10.1. The van der Waals surface area contributed by atoms with Gasteiger partial charge in [0.05, 0.1) is 0 Å². The molecule has 4 rings (SSSR count). The molecule has 29 heavy (non-hydrogen) atoms. The van der Waals surface area contributed by atoms with Gasteiger partial charge >= 0.3 is 0 Å². The van der Waals surface area contributed by atoms with Gasteiger partial charge in [-0.1, -0.05) is 18.2 Å². The van der Waals surface area contributed by atoms with Crippen LogP contribution in [0.4, 0.5) is 0 Å². The smallest absolute Gasteiger partial charge is 0.231 e. The number of hydrogen-bond acceptors (Lipinski definition) is 4. The Morgan fingerprint density at radius 2 is 1.66 bits per heavy atom. The molecular formula is C23H32N2O4+2. The van der Waals surface area contributed by atoms with Gasteiger partial charge in [0.2, 0.25) is 6.79 Å². The molecule has 0 spiro atoms. The predicted molar refractivity (Wildman–Crippen MR) is 110 cm³/mol. The molecule has 2 heterocycles. The number of rotatable bonds is 7. The number of benzene rings is 2. The third kappa shape index (κ3) is 5.01. The molecule has 2 aromatic rings. The molecule has 0 amide bonds. The molecule has 2 aromatic carbocycles. The van der Waals surface area contributed by atoms with E-state index in [9.17, 15) is 5.11 Å². The first-order valence-electron chi connectivity index (χ1n) is 10.5. The van der Waals surface area contributed by atoms with Crippen molar-refractivity contribution in [2.75, 3.05) is 46.1 Å². The fraction of sp³-hybridized carbons (Fsp3) is 0.478. The third-order valence-corrected chi connectivity index (χ3v) is 5.91. The van der Waals surface area contributed by atoms with Crippen molar-refractivity contribution in [2.24, 2.45) is 0 Å². The Kier molecular flexibility index (Phi) is 6.23. The first-order chi connectivity index (χ1) is 14.1. The average molecular weight is 401 g/mol. The van der Waals surface area contributed by atoms with Crippen molar-refractivity contribution in [2.45, 2.75) is 26.5 Å². The van der Waals surface area contributed by atoms with Gasteiger partial charge in [-0.25, -0.2) is 0 Å². The number of aliphatic hydroxyl groups excluding tert-OH is 1. The maximum atomic E-state index is 10.5. The molecule has 6 heteroatoms. The average Bonchev–Trinajstić information content (AvgIpc) is 3.17. The molecule has 0 unspecified atom stereocenters. The third-order valence-electron chi connectivity index (χ3n) is 5.91. The zero-order valence-electron chi connectivity index (χ0n) is 17.4. The van der Waals surface area contributed by atoms with Crippen LogP contribution in [0.5, 0.6) is 17.2 Å². The highest BCUT2D eigenvalue weighted by Gasteiger charge is 2.26. The van der Waals surface area contributed by atoms with Crippen molar-refractivity contribution in [1.29, 1.82) is 0 Å². The summed E-state index contributed by atoms with van der Waals surface area (Å²) in [4.78, 5) is 3.03. The molecule has 0 radical (unpaired) electrons. The van der Waals surface area contributed by atoms with Crippen LogP contribution >= 0.6 is 0 Å². The van der Waals surface area contributed by atoms with Crippen molar-refractivity contribution in [3.63, 3.8) is 0 Å². The fourth-order valence-corrected chi connectivity index (χ4v) is 4.28. The van der Waals surface area contributed by atoms with Crippen molar-refractivity contribution in [1.82, 2.24) is 0 Å². The van der Waals surface area contributed by atoms with Gasteiger partial charge in [-0.3, -0.25) is 0 Å². The Balaban J connectivity index is 1.20. The Bertz CT molecular complexity index is 813. The molecule has 0 saturated carbocycles. The number of fused-ring (bicyclic) bond motifs is 1. The van der Waals surface area contributed by atoms with Gasteiger partial charge in [0.25, 0.3) is 0 Å². The topological polar surface area (TPSA) is 56.8 Å². The summed E-state index contributed by atoms with van der Waals surface area (Å²) in [5.74, 6) is 2.60. The molecule has 6 nitrogen and oxygen atoms in total. The SMILES string of the molecule is Cc1cccc(C)c1OC[C@H](O)C[NH+]1CC[NH+](Cc2ccc3c(c2)OCO3)CC1. The van der Waals surface area contributed by atoms with E-state index in [-0.39, 0.29) is 0 Å². The monoisotopic (exact) mass is 400 g/mol. The van der Waals surface area contributed by atoms with Crippen LogP contribution in [0.15, 0.2) is 36.4 Å². The largest absolute Gasteiger partial charge is 0.490 e. The Morgan fingerprint density at radius 1 is 0.966 bits per heavy atom. The normalized spacial score (nSPS) is 21.8. The Hall–Kier alpha value is -2.28. The van der Waals surface area contributed by atoms with Gasteiger partial charge in [0, 0.05) is 5.56 Å². The number of nitrogens with one attached hydrogen (secondary N) is 2. The fourth-order valence-electron chi connectivity index (χ4n) is 4.28. The summed E-state index contributed by atoms with van der Waals surface area (Å²) in [5, 5.41) is 10.5. The van der Waals surface area contributed by atoms with E-state index in [0.29, 0.717) is 13.4 Å². The molecule has 3 N–H and O–H groups in total. The van der Waals surface area contributed by atoms with E-state index in [4.69, 9.17) is 14.2 Å². The highest BCUT2D eigenvalue weighted by atomic mass is 16.7. The molecule has 1 atom stereocenters. The van der Waals surface area contributed by atoms with Crippen LogP contribution in [0, 0.1) is 13.8 Å². The molecule has 0 aliphatic carbocycles. The lowest BCUT2D eigenvalue weighted by Gasteiger charge is -2.31. The first-order valence-corrected chi connectivity index (χ1v) is 10.5. The Labute approximate surface area is 172 Å². The van der Waals surface area contributed by atoms with Gasteiger partial charge in [0.1, 0.15) is 57.7 Å². The summed E-state index contributed by atoms with van der Waals surface area (Å²) >= 11 is 0. The standard InChI is InChI=1S/C23H30N2O4/c1-17-4-3-5-18(2)23(17)27-15-20(26)14-25-10-8-24(9-11-25)13-19-6-7-21-22(12-19)29-16-28-21/h3-7,12,20,26H,8-11,13-16H2,1-2H3/p+2/t20-/m1/s1. The summed E-state index contributed by atoms with van der Waals surface area (Å²) in [6, 6.07) is 12.4. The zero-order valence-corrected chi connectivity index (χ0v) is 17.4. The Morgan fingerprint density at radius 3 is 2.41 bits per heavy atom. The number of aryl methyl sites for hydroxylation is 2. The number of para-hydroxylation sites is 1. The number of quaternary nitrogens is 2. The van der Waals surface area contributed by atoms with Crippen LogP contribution in [0.2, 0.25) is 0 Å². The minimum Gasteiger partial charge on any atom is -0.490 e. The van der Waals surface area contributed by atoms with E-state index in [2.05, 4.69) is 12.1 Å². The van der Waals surface area contributed by atoms with Crippen LogP contribution in [0.25, 0.3) is 0 Å². The molecular weight excluding hydrogens is 368 g/mol. The van der Waals surface area contributed by atoms with Crippen molar-refractivity contribution >= 4 is 0 Å². The number of piperazine rings is 1. The second-order valence-electron chi connectivity index (χ2n) is 8.25. The molecule has 0 aromatic heterocycles. The van der Waals surface area contributed by atoms with Gasteiger partial charge in [-0.2, -0.15) is 0 Å². The maximum Gasteiger partial charge on any atom is 0.231 e. The summed E-state index contributed by atoms with van der Waals surface area (Å²) in [6.07, 6.45) is -0.445. The van der Waals surface area contributed by atoms with E-state index >= 15 is 0 Å². The number of hydrogen-bond donors (Lipinski definition) is 3.